The Hall–Kier alpha value is -2.19. The van der Waals surface area contributed by atoms with Crippen LogP contribution in [0.15, 0.2) is 35.2 Å². The summed E-state index contributed by atoms with van der Waals surface area (Å²) >= 11 is 0. The second-order valence-corrected chi connectivity index (χ2v) is 11.4. The topological polar surface area (TPSA) is 86.8 Å². The van der Waals surface area contributed by atoms with E-state index in [1.165, 1.54) is 0 Å². The molecule has 2 aliphatic heterocycles. The van der Waals surface area contributed by atoms with Crippen molar-refractivity contribution in [2.24, 2.45) is 11.8 Å². The maximum absolute atomic E-state index is 13.3. The fourth-order valence-electron chi connectivity index (χ4n) is 5.16. The minimum Gasteiger partial charge on any atom is -0.342 e. The quantitative estimate of drug-likeness (QED) is 0.661. The van der Waals surface area contributed by atoms with Crippen molar-refractivity contribution in [2.75, 3.05) is 31.5 Å². The summed E-state index contributed by atoms with van der Waals surface area (Å²) in [7, 11) is -3.62. The highest BCUT2D eigenvalue weighted by Crippen LogP contribution is 2.31. The van der Waals surface area contributed by atoms with Gasteiger partial charge in [-0.15, -0.1) is 0 Å². The first-order chi connectivity index (χ1) is 15.9. The molecule has 2 fully saturated rings. The Labute approximate surface area is 197 Å². The van der Waals surface area contributed by atoms with Crippen molar-refractivity contribution in [3.8, 4) is 0 Å². The van der Waals surface area contributed by atoms with E-state index < -0.39 is 15.9 Å². The number of hydrogen-bond acceptors (Lipinski definition) is 4. The van der Waals surface area contributed by atoms with Crippen molar-refractivity contribution >= 4 is 27.5 Å². The van der Waals surface area contributed by atoms with Gasteiger partial charge in [-0.25, -0.2) is 8.42 Å². The van der Waals surface area contributed by atoms with Crippen LogP contribution in [-0.4, -0.2) is 55.6 Å². The largest absolute Gasteiger partial charge is 0.342 e. The molecule has 0 saturated carbocycles. The molecule has 0 aromatic heterocycles. The van der Waals surface area contributed by atoms with Crippen LogP contribution in [0.25, 0.3) is 0 Å². The monoisotopic (exact) mass is 473 g/mol. The molecule has 0 radical (unpaired) electrons. The zero-order valence-corrected chi connectivity index (χ0v) is 20.3. The fourth-order valence-corrected chi connectivity index (χ4v) is 6.93. The number of nitrogens with one attached hydrogen (secondary N) is 1. The van der Waals surface area contributed by atoms with E-state index in [-0.39, 0.29) is 22.6 Å². The molecule has 1 aromatic rings. The third kappa shape index (κ3) is 5.32. The Balaban J connectivity index is 1.52. The highest BCUT2D eigenvalue weighted by molar-refractivity contribution is 7.89. The molecule has 0 bridgehead atoms. The van der Waals surface area contributed by atoms with E-state index in [0.717, 1.165) is 51.6 Å². The first-order valence-electron chi connectivity index (χ1n) is 12.2. The predicted molar refractivity (Wildman–Crippen MR) is 128 cm³/mol. The van der Waals surface area contributed by atoms with Crippen molar-refractivity contribution in [2.45, 2.75) is 63.2 Å². The van der Waals surface area contributed by atoms with E-state index in [1.807, 2.05) is 17.1 Å². The van der Waals surface area contributed by atoms with Crippen LogP contribution in [0.1, 0.15) is 56.9 Å². The van der Waals surface area contributed by atoms with Crippen LogP contribution in [0.2, 0.25) is 0 Å². The SMILES string of the molecule is Cc1ccc(NC(=O)[C@@H]2CC=CC[C@H]2C(=O)N2CCCC2)cc1S(=O)(=O)N1CCCCCC1. The van der Waals surface area contributed by atoms with E-state index >= 15 is 0 Å². The normalized spacial score (nSPS) is 24.5. The molecule has 7 nitrogen and oxygen atoms in total. The summed E-state index contributed by atoms with van der Waals surface area (Å²) in [6.45, 7) is 4.39. The summed E-state index contributed by atoms with van der Waals surface area (Å²) in [4.78, 5) is 28.4. The molecule has 2 saturated heterocycles. The van der Waals surface area contributed by atoms with E-state index in [0.29, 0.717) is 37.2 Å². The zero-order valence-electron chi connectivity index (χ0n) is 19.5. The molecule has 2 atom stereocenters. The van der Waals surface area contributed by atoms with Gasteiger partial charge in [-0.3, -0.25) is 9.59 Å². The number of hydrogen-bond donors (Lipinski definition) is 1. The number of rotatable bonds is 5. The number of anilines is 1. The van der Waals surface area contributed by atoms with Gasteiger partial charge in [0.1, 0.15) is 0 Å². The van der Waals surface area contributed by atoms with Crippen molar-refractivity contribution in [3.05, 3.63) is 35.9 Å². The van der Waals surface area contributed by atoms with Gasteiger partial charge in [0.25, 0.3) is 0 Å². The van der Waals surface area contributed by atoms with Crippen molar-refractivity contribution < 1.29 is 18.0 Å². The van der Waals surface area contributed by atoms with Gasteiger partial charge >= 0.3 is 0 Å². The molecule has 4 rings (SSSR count). The number of amides is 2. The Kier molecular flexibility index (Phi) is 7.54. The lowest BCUT2D eigenvalue weighted by Crippen LogP contribution is -2.42. The molecule has 0 spiro atoms. The average Bonchev–Trinajstić information content (AvgIpc) is 3.21. The van der Waals surface area contributed by atoms with E-state index in [1.54, 1.807) is 29.4 Å². The Bertz CT molecular complexity index is 1010. The number of nitrogens with zero attached hydrogens (tertiary/aromatic N) is 2. The van der Waals surface area contributed by atoms with E-state index in [4.69, 9.17) is 0 Å². The van der Waals surface area contributed by atoms with Crippen LogP contribution in [0.4, 0.5) is 5.69 Å². The maximum Gasteiger partial charge on any atom is 0.243 e. The van der Waals surface area contributed by atoms with Crippen molar-refractivity contribution in [1.82, 2.24) is 9.21 Å². The number of sulfonamides is 1. The van der Waals surface area contributed by atoms with Crippen LogP contribution in [0.3, 0.4) is 0 Å². The summed E-state index contributed by atoms with van der Waals surface area (Å²) < 4.78 is 28.3. The van der Waals surface area contributed by atoms with Gasteiger partial charge in [0, 0.05) is 31.9 Å². The van der Waals surface area contributed by atoms with Crippen LogP contribution in [-0.2, 0) is 19.6 Å². The zero-order chi connectivity index (χ0) is 23.4. The molecule has 2 heterocycles. The van der Waals surface area contributed by atoms with Crippen LogP contribution in [0.5, 0.6) is 0 Å². The predicted octanol–water partition coefficient (Wildman–Crippen LogP) is 3.70. The lowest BCUT2D eigenvalue weighted by molar-refractivity contribution is -0.139. The molecular formula is C25H35N3O4S. The lowest BCUT2D eigenvalue weighted by atomic mass is 9.81. The molecule has 0 unspecified atom stereocenters. The van der Waals surface area contributed by atoms with Crippen LogP contribution in [0, 0.1) is 18.8 Å². The summed E-state index contributed by atoms with van der Waals surface area (Å²) in [5, 5.41) is 2.92. The molecule has 8 heteroatoms. The molecule has 1 N–H and O–H groups in total. The van der Waals surface area contributed by atoms with Crippen LogP contribution < -0.4 is 5.32 Å². The molecular weight excluding hydrogens is 438 g/mol. The first kappa shape index (κ1) is 24.0. The number of likely N-dealkylation sites (tertiary alicyclic amines) is 1. The molecule has 180 valence electrons. The van der Waals surface area contributed by atoms with E-state index in [2.05, 4.69) is 5.32 Å². The summed E-state index contributed by atoms with van der Waals surface area (Å²) in [6.07, 6.45) is 10.9. The average molecular weight is 474 g/mol. The highest BCUT2D eigenvalue weighted by atomic mass is 32.2. The molecule has 3 aliphatic rings. The Morgan fingerprint density at radius 3 is 2.15 bits per heavy atom. The second kappa shape index (κ2) is 10.4. The summed E-state index contributed by atoms with van der Waals surface area (Å²) in [5.74, 6) is -0.974. The van der Waals surface area contributed by atoms with Gasteiger partial charge < -0.3 is 10.2 Å². The fraction of sp³-hybridized carbons (Fsp3) is 0.600. The highest BCUT2D eigenvalue weighted by Gasteiger charge is 2.37. The molecule has 1 aliphatic carbocycles. The molecule has 33 heavy (non-hydrogen) atoms. The minimum atomic E-state index is -3.62. The van der Waals surface area contributed by atoms with Gasteiger partial charge in [-0.05, 0) is 63.1 Å². The van der Waals surface area contributed by atoms with Gasteiger partial charge in [-0.2, -0.15) is 4.31 Å². The number of aryl methyl sites for hydroxylation is 1. The van der Waals surface area contributed by atoms with Gasteiger partial charge in [0.2, 0.25) is 21.8 Å². The first-order valence-corrected chi connectivity index (χ1v) is 13.7. The third-order valence-corrected chi connectivity index (χ3v) is 9.18. The minimum absolute atomic E-state index is 0.0605. The number of carbonyl (C=O) groups is 2. The van der Waals surface area contributed by atoms with Gasteiger partial charge in [0.05, 0.1) is 16.7 Å². The van der Waals surface area contributed by atoms with Gasteiger partial charge in [0.15, 0.2) is 0 Å². The molecule has 1 aromatic carbocycles. The lowest BCUT2D eigenvalue weighted by Gasteiger charge is -2.30. The number of benzene rings is 1. The molecule has 2 amide bonds. The van der Waals surface area contributed by atoms with Crippen molar-refractivity contribution in [1.29, 1.82) is 0 Å². The standard InChI is InChI=1S/C25H35N3O4S/c1-19-12-13-20(18-23(19)33(31,32)28-16-6-2-3-7-17-28)26-24(29)21-10-4-5-11-22(21)25(30)27-14-8-9-15-27/h4-5,12-13,18,21-22H,2-3,6-11,14-17H2,1H3,(H,26,29)/t21-,22-/m1/s1. The van der Waals surface area contributed by atoms with Gasteiger partial charge in [-0.1, -0.05) is 31.1 Å². The smallest absolute Gasteiger partial charge is 0.243 e. The Morgan fingerprint density at radius 1 is 0.879 bits per heavy atom. The summed E-state index contributed by atoms with van der Waals surface area (Å²) in [6, 6.07) is 5.06. The number of carbonyl (C=O) groups excluding carboxylic acids is 2. The Morgan fingerprint density at radius 2 is 1.48 bits per heavy atom. The van der Waals surface area contributed by atoms with E-state index in [9.17, 15) is 18.0 Å². The maximum atomic E-state index is 13.3. The third-order valence-electron chi connectivity index (χ3n) is 7.14. The number of allylic oxidation sites excluding steroid dienone is 2. The summed E-state index contributed by atoms with van der Waals surface area (Å²) in [5.41, 5.74) is 1.13. The second-order valence-electron chi connectivity index (χ2n) is 9.48. The van der Waals surface area contributed by atoms with Crippen LogP contribution >= 0.6 is 0 Å². The van der Waals surface area contributed by atoms with Crippen molar-refractivity contribution in [3.63, 3.8) is 0 Å².